The summed E-state index contributed by atoms with van der Waals surface area (Å²) in [5.41, 5.74) is 7.66. The van der Waals surface area contributed by atoms with Gasteiger partial charge in [0.1, 0.15) is 0 Å². The molecule has 17 heavy (non-hydrogen) atoms. The van der Waals surface area contributed by atoms with Crippen LogP contribution in [0.5, 0.6) is 0 Å². The average molecular weight is 233 g/mol. The van der Waals surface area contributed by atoms with Crippen LogP contribution >= 0.6 is 0 Å². The molecule has 2 rings (SSSR count). The molecule has 1 aliphatic carbocycles. The zero-order chi connectivity index (χ0) is 12.1. The Morgan fingerprint density at radius 3 is 2.53 bits per heavy atom. The van der Waals surface area contributed by atoms with Gasteiger partial charge in [0.05, 0.1) is 5.60 Å². The Balaban J connectivity index is 1.75. The third kappa shape index (κ3) is 2.88. The summed E-state index contributed by atoms with van der Waals surface area (Å²) >= 11 is 0. The van der Waals surface area contributed by atoms with Crippen LogP contribution in [-0.4, -0.2) is 18.8 Å². The van der Waals surface area contributed by atoms with Crippen molar-refractivity contribution < 1.29 is 4.74 Å². The fourth-order valence-corrected chi connectivity index (χ4v) is 2.69. The lowest BCUT2D eigenvalue weighted by Crippen LogP contribution is -2.54. The number of benzene rings is 1. The maximum absolute atomic E-state index is 6.26. The minimum Gasteiger partial charge on any atom is -0.377 e. The highest BCUT2D eigenvalue weighted by Gasteiger charge is 2.42. The van der Waals surface area contributed by atoms with Crippen molar-refractivity contribution in [2.45, 2.75) is 50.2 Å². The van der Waals surface area contributed by atoms with E-state index in [9.17, 15) is 0 Å². The Morgan fingerprint density at radius 1 is 1.29 bits per heavy atom. The summed E-state index contributed by atoms with van der Waals surface area (Å²) in [5, 5.41) is 0. The van der Waals surface area contributed by atoms with Crippen molar-refractivity contribution in [2.24, 2.45) is 5.73 Å². The fraction of sp³-hybridized carbons (Fsp3) is 0.600. The highest BCUT2D eigenvalue weighted by atomic mass is 16.5. The number of hydrogen-bond donors (Lipinski definition) is 1. The molecule has 1 aliphatic rings. The number of rotatable bonds is 6. The Kier molecular flexibility index (Phi) is 4.19. The highest BCUT2D eigenvalue weighted by Crippen LogP contribution is 2.38. The minimum absolute atomic E-state index is 0.00329. The number of methoxy groups -OCH3 is 1. The quantitative estimate of drug-likeness (QED) is 0.820. The molecule has 2 nitrogen and oxygen atoms in total. The van der Waals surface area contributed by atoms with Gasteiger partial charge in [-0.05, 0) is 44.1 Å². The molecular weight excluding hydrogens is 210 g/mol. The predicted molar refractivity (Wildman–Crippen MR) is 70.9 cm³/mol. The lowest BCUT2D eigenvalue weighted by atomic mass is 9.73. The lowest BCUT2D eigenvalue weighted by molar-refractivity contribution is -0.0916. The molecule has 1 aromatic rings. The molecule has 1 saturated carbocycles. The van der Waals surface area contributed by atoms with Gasteiger partial charge in [0, 0.05) is 13.2 Å². The standard InChI is InChI=1S/C15H23NO/c1-17-15(11-6-12-15)14(16)10-5-9-13-7-3-2-4-8-13/h2-4,7-8,14H,5-6,9-12,16H2,1H3. The Hall–Kier alpha value is -0.860. The number of nitrogens with two attached hydrogens (primary N) is 1. The third-order valence-electron chi connectivity index (χ3n) is 4.11. The first-order chi connectivity index (χ1) is 8.27. The van der Waals surface area contributed by atoms with E-state index < -0.39 is 0 Å². The van der Waals surface area contributed by atoms with Crippen LogP contribution in [0.4, 0.5) is 0 Å². The Bertz CT molecular complexity index is 327. The minimum atomic E-state index is -0.00329. The topological polar surface area (TPSA) is 35.2 Å². The van der Waals surface area contributed by atoms with E-state index in [-0.39, 0.29) is 11.6 Å². The van der Waals surface area contributed by atoms with Gasteiger partial charge in [-0.25, -0.2) is 0 Å². The van der Waals surface area contributed by atoms with E-state index in [1.54, 1.807) is 7.11 Å². The molecule has 1 fully saturated rings. The second kappa shape index (κ2) is 5.65. The van der Waals surface area contributed by atoms with Gasteiger partial charge in [-0.1, -0.05) is 30.3 Å². The van der Waals surface area contributed by atoms with Crippen molar-refractivity contribution in [1.82, 2.24) is 0 Å². The zero-order valence-electron chi connectivity index (χ0n) is 10.7. The molecule has 1 atom stereocenters. The molecule has 0 radical (unpaired) electrons. The molecule has 0 aromatic heterocycles. The maximum atomic E-state index is 6.26. The monoisotopic (exact) mass is 233 g/mol. The van der Waals surface area contributed by atoms with E-state index in [1.807, 2.05) is 0 Å². The van der Waals surface area contributed by atoms with Gasteiger partial charge in [0.2, 0.25) is 0 Å². The van der Waals surface area contributed by atoms with Crippen molar-refractivity contribution in [3.63, 3.8) is 0 Å². The second-order valence-corrected chi connectivity index (χ2v) is 5.11. The van der Waals surface area contributed by atoms with Gasteiger partial charge in [0.25, 0.3) is 0 Å². The summed E-state index contributed by atoms with van der Waals surface area (Å²) in [6, 6.07) is 10.8. The van der Waals surface area contributed by atoms with Crippen LogP contribution in [0.1, 0.15) is 37.7 Å². The number of ether oxygens (including phenoxy) is 1. The molecule has 0 saturated heterocycles. The van der Waals surface area contributed by atoms with Crippen LogP contribution in [0.3, 0.4) is 0 Å². The molecule has 1 aromatic carbocycles. The Morgan fingerprint density at radius 2 is 2.00 bits per heavy atom. The normalized spacial score (nSPS) is 19.6. The predicted octanol–water partition coefficient (Wildman–Crippen LogP) is 2.91. The van der Waals surface area contributed by atoms with E-state index >= 15 is 0 Å². The van der Waals surface area contributed by atoms with E-state index in [1.165, 1.54) is 12.0 Å². The Labute approximate surface area is 104 Å². The summed E-state index contributed by atoms with van der Waals surface area (Å²) in [4.78, 5) is 0. The summed E-state index contributed by atoms with van der Waals surface area (Å²) < 4.78 is 5.61. The molecule has 2 N–H and O–H groups in total. The number of aryl methyl sites for hydroxylation is 1. The van der Waals surface area contributed by atoms with Crippen molar-refractivity contribution in [3.8, 4) is 0 Å². The first-order valence-electron chi connectivity index (χ1n) is 6.61. The first-order valence-corrected chi connectivity index (χ1v) is 6.61. The fourth-order valence-electron chi connectivity index (χ4n) is 2.69. The van der Waals surface area contributed by atoms with Crippen LogP contribution in [0.25, 0.3) is 0 Å². The van der Waals surface area contributed by atoms with Crippen molar-refractivity contribution in [2.75, 3.05) is 7.11 Å². The lowest BCUT2D eigenvalue weighted by Gasteiger charge is -2.45. The molecule has 0 heterocycles. The van der Waals surface area contributed by atoms with Gasteiger partial charge >= 0.3 is 0 Å². The number of hydrogen-bond acceptors (Lipinski definition) is 2. The first kappa shape index (κ1) is 12.6. The largest absolute Gasteiger partial charge is 0.377 e. The van der Waals surface area contributed by atoms with Gasteiger partial charge < -0.3 is 10.5 Å². The third-order valence-corrected chi connectivity index (χ3v) is 4.11. The van der Waals surface area contributed by atoms with Gasteiger partial charge in [0.15, 0.2) is 0 Å². The van der Waals surface area contributed by atoms with E-state index in [0.29, 0.717) is 0 Å². The summed E-state index contributed by atoms with van der Waals surface area (Å²) in [6.07, 6.45) is 6.86. The zero-order valence-corrected chi connectivity index (χ0v) is 10.7. The van der Waals surface area contributed by atoms with Gasteiger partial charge in [-0.3, -0.25) is 0 Å². The van der Waals surface area contributed by atoms with Crippen LogP contribution in [0, 0.1) is 0 Å². The van der Waals surface area contributed by atoms with Crippen LogP contribution < -0.4 is 5.73 Å². The SMILES string of the molecule is COC1(C(N)CCCc2ccccc2)CCC1. The maximum Gasteiger partial charge on any atom is 0.0828 e. The van der Waals surface area contributed by atoms with Crippen LogP contribution in [0.15, 0.2) is 30.3 Å². The highest BCUT2D eigenvalue weighted by molar-refractivity contribution is 5.14. The average Bonchev–Trinajstić information content (AvgIpc) is 2.30. The van der Waals surface area contributed by atoms with Crippen molar-refractivity contribution >= 4 is 0 Å². The molecular formula is C15H23NO. The van der Waals surface area contributed by atoms with Crippen LogP contribution in [-0.2, 0) is 11.2 Å². The van der Waals surface area contributed by atoms with E-state index in [0.717, 1.165) is 32.1 Å². The summed E-state index contributed by atoms with van der Waals surface area (Å²) in [5.74, 6) is 0. The molecule has 0 spiro atoms. The molecule has 1 unspecified atom stereocenters. The van der Waals surface area contributed by atoms with Gasteiger partial charge in [-0.2, -0.15) is 0 Å². The second-order valence-electron chi connectivity index (χ2n) is 5.11. The molecule has 0 bridgehead atoms. The van der Waals surface area contributed by atoms with Gasteiger partial charge in [-0.15, -0.1) is 0 Å². The summed E-state index contributed by atoms with van der Waals surface area (Å²) in [6.45, 7) is 0. The van der Waals surface area contributed by atoms with Crippen molar-refractivity contribution in [3.05, 3.63) is 35.9 Å². The van der Waals surface area contributed by atoms with E-state index in [2.05, 4.69) is 30.3 Å². The van der Waals surface area contributed by atoms with E-state index in [4.69, 9.17) is 10.5 Å². The molecule has 0 amide bonds. The molecule has 94 valence electrons. The summed E-state index contributed by atoms with van der Waals surface area (Å²) in [7, 11) is 1.80. The molecule has 0 aliphatic heterocycles. The van der Waals surface area contributed by atoms with Crippen molar-refractivity contribution in [1.29, 1.82) is 0 Å². The molecule has 2 heteroatoms. The van der Waals surface area contributed by atoms with Crippen LogP contribution in [0.2, 0.25) is 0 Å². The smallest absolute Gasteiger partial charge is 0.0828 e.